The summed E-state index contributed by atoms with van der Waals surface area (Å²) in [6.07, 6.45) is 7.86. The van der Waals surface area contributed by atoms with E-state index in [2.05, 4.69) is 66.3 Å². The molecular weight excluding hydrogens is 1120 g/mol. The van der Waals surface area contributed by atoms with E-state index >= 15 is 0 Å². The lowest BCUT2D eigenvalue weighted by Crippen LogP contribution is -2.76. The van der Waals surface area contributed by atoms with Crippen LogP contribution in [0, 0.1) is 23.2 Å². The second-order valence-corrected chi connectivity index (χ2v) is 25.5. The van der Waals surface area contributed by atoms with Crippen LogP contribution in [-0.4, -0.2) is 127 Å². The van der Waals surface area contributed by atoms with Gasteiger partial charge in [0.15, 0.2) is 23.4 Å². The Balaban J connectivity index is 0.000000160. The predicted octanol–water partition coefficient (Wildman–Crippen LogP) is 8.93. The van der Waals surface area contributed by atoms with E-state index in [0.29, 0.717) is 48.3 Å². The number of nitrogens with two attached hydrogens (primary N) is 1. The maximum absolute atomic E-state index is 12.7. The van der Waals surface area contributed by atoms with Crippen LogP contribution < -0.4 is 26.4 Å². The minimum atomic E-state index is -1.36. The van der Waals surface area contributed by atoms with Crippen molar-refractivity contribution >= 4 is 51.9 Å². The highest BCUT2D eigenvalue weighted by molar-refractivity contribution is 7.86. The number of hydrogen-bond donors (Lipinski definition) is 8. The number of amides is 6. The Labute approximate surface area is 513 Å². The summed E-state index contributed by atoms with van der Waals surface area (Å²) in [6.45, 7) is 16.2. The van der Waals surface area contributed by atoms with Gasteiger partial charge in [0.05, 0.1) is 16.3 Å². The molecule has 9 N–H and O–H groups in total. The molecule has 3 heterocycles. The number of allylic oxidation sites excluding steroid dienone is 1. The summed E-state index contributed by atoms with van der Waals surface area (Å²) >= 11 is 0. The molecule has 2 saturated heterocycles. The summed E-state index contributed by atoms with van der Waals surface area (Å²) in [5, 5.41) is 47.2. The Morgan fingerprint density at radius 3 is 1.98 bits per heavy atom. The van der Waals surface area contributed by atoms with Crippen molar-refractivity contribution in [3.05, 3.63) is 162 Å². The minimum absolute atomic E-state index is 0.0454. The molecule has 8 atom stereocenters. The lowest BCUT2D eigenvalue weighted by molar-refractivity contribution is -0.188. The van der Waals surface area contributed by atoms with Crippen molar-refractivity contribution in [1.82, 2.24) is 20.4 Å². The van der Waals surface area contributed by atoms with Gasteiger partial charge in [-0.05, 0) is 154 Å². The summed E-state index contributed by atoms with van der Waals surface area (Å²) in [4.78, 5) is 73.7. The first kappa shape index (κ1) is 66.8. The Morgan fingerprint density at radius 1 is 0.839 bits per heavy atom. The number of primary amides is 1. The average molecular weight is 1210 g/mol. The molecule has 5 aromatic carbocycles. The summed E-state index contributed by atoms with van der Waals surface area (Å²) in [5.74, 6) is 1.06. The molecule has 6 amide bonds. The van der Waals surface area contributed by atoms with Crippen molar-refractivity contribution in [2.75, 3.05) is 44.8 Å². The fraction of sp³-hybridized carbons (Fsp3) is 0.441. The normalized spacial score (nSPS) is 22.4. The SMILES string of the molecule is C=CCC1(C(C)CC)C(=O)NC(=O)NC1=O.CC(=O)Nc1ccc(O)cc1.CC[C@@H](c1cccc(O)c1)[C@@H](C)CN(C)C.NC(=O)CS(=O)C(c1ccccc1)c1ccccc1.O=C1CC[C@@]2(O)[C@H]3Cc4ccc(O)c5c4[C@@]2(CCN3CC2CC2)[C@H]1O5. The number of carbonyl (C=O) groups excluding carboxylic acids is 6. The van der Waals surface area contributed by atoms with E-state index in [1.165, 1.54) is 43.5 Å². The van der Waals surface area contributed by atoms with Crippen molar-refractivity contribution in [1.29, 1.82) is 0 Å². The van der Waals surface area contributed by atoms with E-state index in [-0.39, 0.29) is 52.6 Å². The topological polar surface area (TPSA) is 278 Å². The van der Waals surface area contributed by atoms with Gasteiger partial charge < -0.3 is 41.1 Å². The number of Topliss-reactive ketones (excluding diaryl/α,β-unsaturated/α-hetero) is 1. The Kier molecular flexibility index (Phi) is 22.5. The van der Waals surface area contributed by atoms with E-state index in [1.54, 1.807) is 24.3 Å². The van der Waals surface area contributed by atoms with Crippen molar-refractivity contribution in [3.8, 4) is 23.0 Å². The van der Waals surface area contributed by atoms with Crippen molar-refractivity contribution < 1.29 is 58.1 Å². The third-order valence-corrected chi connectivity index (χ3v) is 19.4. The van der Waals surface area contributed by atoms with Crippen LogP contribution in [0.15, 0.2) is 134 Å². The number of piperidine rings is 1. The van der Waals surface area contributed by atoms with Gasteiger partial charge >= 0.3 is 6.03 Å². The van der Waals surface area contributed by atoms with Crippen LogP contribution in [-0.2, 0) is 46.6 Å². The average Bonchev–Trinajstić information content (AvgIpc) is 1.61. The molecular formula is C68H86N6O12S. The van der Waals surface area contributed by atoms with Crippen LogP contribution in [0.4, 0.5) is 10.5 Å². The van der Waals surface area contributed by atoms with Gasteiger partial charge in [-0.1, -0.05) is 119 Å². The molecule has 6 aliphatic rings. The molecule has 1 spiro atoms. The maximum Gasteiger partial charge on any atom is 0.328 e. The van der Waals surface area contributed by atoms with E-state index in [9.17, 15) is 48.3 Å². The highest BCUT2D eigenvalue weighted by Crippen LogP contribution is 2.65. The molecule has 19 heteroatoms. The lowest BCUT2D eigenvalue weighted by atomic mass is 9.49. The number of phenolic OH excluding ortho intramolecular Hbond substituents is 3. The molecule has 3 aliphatic carbocycles. The van der Waals surface area contributed by atoms with Gasteiger partial charge in [0.1, 0.15) is 22.7 Å². The minimum Gasteiger partial charge on any atom is -0.508 e. The number of phenols is 3. The zero-order chi connectivity index (χ0) is 63.4. The zero-order valence-corrected chi connectivity index (χ0v) is 51.8. The second kappa shape index (κ2) is 29.3. The summed E-state index contributed by atoms with van der Waals surface area (Å²) in [6, 6.07) is 35.9. The Bertz CT molecular complexity index is 3210. The summed E-state index contributed by atoms with van der Waals surface area (Å²) < 4.78 is 18.4. The summed E-state index contributed by atoms with van der Waals surface area (Å²) in [5.41, 5.74) is 8.19. The number of imide groups is 2. The van der Waals surface area contributed by atoms with Gasteiger partial charge in [-0.2, -0.15) is 0 Å². The number of aliphatic hydroxyl groups is 1. The van der Waals surface area contributed by atoms with Gasteiger partial charge in [0.2, 0.25) is 23.6 Å². The predicted molar refractivity (Wildman–Crippen MR) is 336 cm³/mol. The molecule has 3 aliphatic heterocycles. The molecule has 2 bridgehead atoms. The van der Waals surface area contributed by atoms with Crippen molar-refractivity contribution in [2.24, 2.45) is 28.9 Å². The fourth-order valence-electron chi connectivity index (χ4n) is 13.4. The van der Waals surface area contributed by atoms with Gasteiger partial charge in [-0.25, -0.2) is 4.79 Å². The zero-order valence-electron chi connectivity index (χ0n) is 51.0. The Morgan fingerprint density at radius 2 is 1.45 bits per heavy atom. The van der Waals surface area contributed by atoms with Crippen LogP contribution in [0.25, 0.3) is 0 Å². The smallest absolute Gasteiger partial charge is 0.328 e. The number of nitrogens with zero attached hydrogens (tertiary/aromatic N) is 2. The first-order chi connectivity index (χ1) is 41.4. The highest BCUT2D eigenvalue weighted by Gasteiger charge is 2.73. The molecule has 2 saturated carbocycles. The number of anilines is 1. The molecule has 466 valence electrons. The molecule has 0 radical (unpaired) electrons. The van der Waals surface area contributed by atoms with Gasteiger partial charge in [-0.15, -0.1) is 6.58 Å². The summed E-state index contributed by atoms with van der Waals surface area (Å²) in [7, 11) is 2.84. The number of rotatable bonds is 17. The number of ether oxygens (including phenoxy) is 1. The molecule has 2 unspecified atom stereocenters. The molecule has 0 aromatic heterocycles. The van der Waals surface area contributed by atoms with E-state index < -0.39 is 57.1 Å². The number of aromatic hydroxyl groups is 3. The van der Waals surface area contributed by atoms with E-state index in [0.717, 1.165) is 67.1 Å². The van der Waals surface area contributed by atoms with Crippen molar-refractivity contribution in [3.63, 3.8) is 0 Å². The molecule has 18 nitrogen and oxygen atoms in total. The number of hydrogen-bond acceptors (Lipinski definition) is 14. The third kappa shape index (κ3) is 15.2. The Hall–Kier alpha value is -7.71. The number of ketones is 1. The number of likely N-dealkylation sites (tertiary alicyclic amines) is 1. The van der Waals surface area contributed by atoms with E-state index in [4.69, 9.17) is 15.6 Å². The van der Waals surface area contributed by atoms with Crippen LogP contribution >= 0.6 is 0 Å². The quantitative estimate of drug-likeness (QED) is 0.0245. The number of nitrogens with one attached hydrogen (secondary N) is 3. The van der Waals surface area contributed by atoms with Crippen LogP contribution in [0.5, 0.6) is 23.0 Å². The van der Waals surface area contributed by atoms with Gasteiger partial charge in [-0.3, -0.25) is 43.7 Å². The van der Waals surface area contributed by atoms with Crippen LogP contribution in [0.2, 0.25) is 0 Å². The molecule has 4 fully saturated rings. The van der Waals surface area contributed by atoms with Crippen molar-refractivity contribution in [2.45, 2.75) is 127 Å². The first-order valence-corrected chi connectivity index (χ1v) is 31.4. The molecule has 11 rings (SSSR count). The maximum atomic E-state index is 12.7. The second-order valence-electron chi connectivity index (χ2n) is 24.0. The number of urea groups is 1. The highest BCUT2D eigenvalue weighted by atomic mass is 32.2. The van der Waals surface area contributed by atoms with Gasteiger partial charge in [0, 0.05) is 54.5 Å². The van der Waals surface area contributed by atoms with Crippen LogP contribution in [0.3, 0.4) is 0 Å². The number of benzene rings is 5. The lowest BCUT2D eigenvalue weighted by Gasteiger charge is -2.62. The number of barbiturate groups is 1. The monoisotopic (exact) mass is 1210 g/mol. The number of carbonyl (C=O) groups is 6. The first-order valence-electron chi connectivity index (χ1n) is 30.0. The molecule has 5 aromatic rings. The molecule has 87 heavy (non-hydrogen) atoms. The van der Waals surface area contributed by atoms with E-state index in [1.807, 2.05) is 92.7 Å². The standard InChI is InChI=1S/C20H23NO4.C15H15NO2S.C14H23NO.C11H16N2O3.C8H9NO2/c22-13-4-3-12-9-15-20(24)6-5-14(23)18-19(20,16(12)17(13)25-18)7-8-21(15)10-11-1-2-11;16-14(17)11-19(18)15(12-7-3-1-4-8-12)13-9-5-2-6-10-13;1-5-14(11(2)10-15(3)4)12-7-6-8-13(16)9-12;1-4-6-11(7(3)5-2)8(14)12-10(16)13-9(11)15;1-6(10)9-7-2-4-8(11)5-3-7/h3-4,11,15,18,22,24H,1-2,5-10H2;1-10,15H,11H2,(H2,16,17);6-9,11,14,16H,5,10H2,1-4H3;4,7H,1,5-6H2,2-3H3,(H2,12,13,14,15,16);2-5,11H,1H3,(H,9,10)/t15-,18+,19+,20-;;11-,14+;;/m1.0../s1. The third-order valence-electron chi connectivity index (χ3n) is 17.8. The van der Waals surface area contributed by atoms with Gasteiger partial charge in [0.25, 0.3) is 0 Å². The fourth-order valence-corrected chi connectivity index (χ4v) is 14.8. The van der Waals surface area contributed by atoms with Crippen LogP contribution in [0.1, 0.15) is 125 Å². The largest absolute Gasteiger partial charge is 0.508 e.